The Morgan fingerprint density at radius 1 is 1.10 bits per heavy atom. The highest BCUT2D eigenvalue weighted by molar-refractivity contribution is 5.33. The lowest BCUT2D eigenvalue weighted by molar-refractivity contribution is 0.169. The van der Waals surface area contributed by atoms with Crippen LogP contribution in [0.3, 0.4) is 0 Å². The molecule has 0 aliphatic heterocycles. The lowest BCUT2D eigenvalue weighted by Gasteiger charge is -2.08. The summed E-state index contributed by atoms with van der Waals surface area (Å²) in [4.78, 5) is 0. The van der Waals surface area contributed by atoms with Gasteiger partial charge in [-0.25, -0.2) is 0 Å². The summed E-state index contributed by atoms with van der Waals surface area (Å²) in [5, 5.41) is 9.56. The summed E-state index contributed by atoms with van der Waals surface area (Å²) < 4.78 is 5.77. The predicted molar refractivity (Wildman–Crippen MR) is 79.7 cm³/mol. The van der Waals surface area contributed by atoms with E-state index in [1.165, 1.54) is 11.1 Å². The molecule has 0 aromatic heterocycles. The maximum absolute atomic E-state index is 9.56. The van der Waals surface area contributed by atoms with E-state index in [4.69, 9.17) is 4.74 Å². The van der Waals surface area contributed by atoms with Crippen molar-refractivity contribution < 1.29 is 9.84 Å². The number of benzene rings is 2. The van der Waals surface area contributed by atoms with Gasteiger partial charge in [0.05, 0.1) is 6.10 Å². The van der Waals surface area contributed by atoms with Crippen LogP contribution in [0.4, 0.5) is 0 Å². The first-order chi connectivity index (χ1) is 9.74. The van der Waals surface area contributed by atoms with Crippen molar-refractivity contribution in [2.75, 3.05) is 0 Å². The van der Waals surface area contributed by atoms with Gasteiger partial charge in [-0.05, 0) is 48.4 Å². The SMILES string of the molecule is C[C@H](O)[C@@H]1C[C@@H]1c1ccc(OCc2ccccc2)cc1. The van der Waals surface area contributed by atoms with E-state index in [-0.39, 0.29) is 6.10 Å². The lowest BCUT2D eigenvalue weighted by Crippen LogP contribution is -2.03. The van der Waals surface area contributed by atoms with Crippen molar-refractivity contribution in [1.29, 1.82) is 0 Å². The van der Waals surface area contributed by atoms with Crippen LogP contribution >= 0.6 is 0 Å². The predicted octanol–water partition coefficient (Wildman–Crippen LogP) is 3.75. The third-order valence-corrected chi connectivity index (χ3v) is 4.02. The average Bonchev–Trinajstić information content (AvgIpc) is 3.27. The number of aliphatic hydroxyl groups is 1. The van der Waals surface area contributed by atoms with Crippen molar-refractivity contribution in [2.45, 2.75) is 32.0 Å². The molecule has 2 aromatic rings. The van der Waals surface area contributed by atoms with E-state index in [0.29, 0.717) is 18.4 Å². The molecule has 0 heterocycles. The van der Waals surface area contributed by atoms with E-state index in [2.05, 4.69) is 24.3 Å². The topological polar surface area (TPSA) is 29.5 Å². The Morgan fingerprint density at radius 2 is 1.80 bits per heavy atom. The largest absolute Gasteiger partial charge is 0.489 e. The molecule has 1 saturated carbocycles. The smallest absolute Gasteiger partial charge is 0.119 e. The first-order valence-corrected chi connectivity index (χ1v) is 7.19. The van der Waals surface area contributed by atoms with E-state index in [1.54, 1.807) is 0 Å². The molecule has 2 heteroatoms. The van der Waals surface area contributed by atoms with Gasteiger partial charge in [-0.2, -0.15) is 0 Å². The van der Waals surface area contributed by atoms with Gasteiger partial charge in [0.1, 0.15) is 12.4 Å². The fourth-order valence-electron chi connectivity index (χ4n) is 2.68. The third kappa shape index (κ3) is 3.02. The van der Waals surface area contributed by atoms with Gasteiger partial charge in [0, 0.05) is 0 Å². The second kappa shape index (κ2) is 5.68. The van der Waals surface area contributed by atoms with E-state index in [1.807, 2.05) is 37.3 Å². The summed E-state index contributed by atoms with van der Waals surface area (Å²) in [7, 11) is 0. The molecule has 0 unspecified atom stereocenters. The molecule has 3 rings (SSSR count). The molecule has 2 nitrogen and oxygen atoms in total. The average molecular weight is 268 g/mol. The molecule has 3 atom stereocenters. The lowest BCUT2D eigenvalue weighted by atomic mass is 10.1. The summed E-state index contributed by atoms with van der Waals surface area (Å²) >= 11 is 0. The van der Waals surface area contributed by atoms with Crippen LogP contribution in [-0.2, 0) is 6.61 Å². The van der Waals surface area contributed by atoms with Crippen LogP contribution in [0.5, 0.6) is 5.75 Å². The van der Waals surface area contributed by atoms with E-state index >= 15 is 0 Å². The summed E-state index contributed by atoms with van der Waals surface area (Å²) in [6, 6.07) is 18.5. The molecule has 1 aliphatic carbocycles. The van der Waals surface area contributed by atoms with Gasteiger partial charge in [0.15, 0.2) is 0 Å². The standard InChI is InChI=1S/C18H20O2/c1-13(19)17-11-18(17)15-7-9-16(10-8-15)20-12-14-5-3-2-4-6-14/h2-10,13,17-19H,11-12H2,1H3/t13-,17-,18+/m0/s1. The molecule has 0 amide bonds. The van der Waals surface area contributed by atoms with Crippen LogP contribution in [0.1, 0.15) is 30.4 Å². The summed E-state index contributed by atoms with van der Waals surface area (Å²) in [5.74, 6) is 1.86. The number of rotatable bonds is 5. The van der Waals surface area contributed by atoms with E-state index in [9.17, 15) is 5.11 Å². The summed E-state index contributed by atoms with van der Waals surface area (Å²) in [6.07, 6.45) is 0.899. The number of hydrogen-bond donors (Lipinski definition) is 1. The summed E-state index contributed by atoms with van der Waals surface area (Å²) in [6.45, 7) is 2.47. The van der Waals surface area contributed by atoms with Crippen LogP contribution in [-0.4, -0.2) is 11.2 Å². The van der Waals surface area contributed by atoms with Crippen molar-refractivity contribution in [2.24, 2.45) is 5.92 Å². The number of hydrogen-bond acceptors (Lipinski definition) is 2. The van der Waals surface area contributed by atoms with Crippen molar-refractivity contribution in [1.82, 2.24) is 0 Å². The van der Waals surface area contributed by atoms with Crippen LogP contribution in [0.15, 0.2) is 54.6 Å². The maximum Gasteiger partial charge on any atom is 0.119 e. The fraction of sp³-hybridized carbons (Fsp3) is 0.333. The highest BCUT2D eigenvalue weighted by Gasteiger charge is 2.41. The highest BCUT2D eigenvalue weighted by atomic mass is 16.5. The normalized spacial score (nSPS) is 22.3. The van der Waals surface area contributed by atoms with Crippen molar-refractivity contribution in [3.05, 3.63) is 65.7 Å². The second-order valence-electron chi connectivity index (χ2n) is 5.59. The third-order valence-electron chi connectivity index (χ3n) is 4.02. The summed E-state index contributed by atoms with van der Waals surface area (Å²) in [5.41, 5.74) is 2.48. The molecule has 1 fully saturated rings. The molecule has 1 N–H and O–H groups in total. The second-order valence-corrected chi connectivity index (χ2v) is 5.59. The van der Waals surface area contributed by atoms with Crippen LogP contribution in [0.2, 0.25) is 0 Å². The molecule has 2 aromatic carbocycles. The van der Waals surface area contributed by atoms with Gasteiger partial charge in [0.2, 0.25) is 0 Å². The molecule has 0 bridgehead atoms. The number of aliphatic hydroxyl groups excluding tert-OH is 1. The fourth-order valence-corrected chi connectivity index (χ4v) is 2.68. The minimum absolute atomic E-state index is 0.200. The molecule has 20 heavy (non-hydrogen) atoms. The molecule has 104 valence electrons. The maximum atomic E-state index is 9.56. The molecule has 0 spiro atoms. The van der Waals surface area contributed by atoms with Crippen molar-refractivity contribution in [3.63, 3.8) is 0 Å². The monoisotopic (exact) mass is 268 g/mol. The van der Waals surface area contributed by atoms with Gasteiger partial charge in [0.25, 0.3) is 0 Å². The highest BCUT2D eigenvalue weighted by Crippen LogP contribution is 2.49. The van der Waals surface area contributed by atoms with Crippen LogP contribution in [0, 0.1) is 5.92 Å². The Bertz CT molecular complexity index is 545. The van der Waals surface area contributed by atoms with Crippen LogP contribution in [0.25, 0.3) is 0 Å². The van der Waals surface area contributed by atoms with Gasteiger partial charge in [-0.15, -0.1) is 0 Å². The zero-order chi connectivity index (χ0) is 13.9. The molecular formula is C18H20O2. The molecule has 0 saturated heterocycles. The zero-order valence-corrected chi connectivity index (χ0v) is 11.7. The minimum Gasteiger partial charge on any atom is -0.489 e. The van der Waals surface area contributed by atoms with E-state index in [0.717, 1.165) is 12.2 Å². The molecular weight excluding hydrogens is 248 g/mol. The zero-order valence-electron chi connectivity index (χ0n) is 11.7. The van der Waals surface area contributed by atoms with Gasteiger partial charge < -0.3 is 9.84 Å². The Kier molecular flexibility index (Phi) is 3.75. The van der Waals surface area contributed by atoms with E-state index < -0.39 is 0 Å². The number of ether oxygens (including phenoxy) is 1. The first-order valence-electron chi connectivity index (χ1n) is 7.19. The Labute approximate surface area is 120 Å². The van der Waals surface area contributed by atoms with Gasteiger partial charge in [-0.1, -0.05) is 42.5 Å². The van der Waals surface area contributed by atoms with Gasteiger partial charge in [-0.3, -0.25) is 0 Å². The Hall–Kier alpha value is -1.80. The minimum atomic E-state index is -0.200. The van der Waals surface area contributed by atoms with Crippen molar-refractivity contribution in [3.8, 4) is 5.75 Å². The van der Waals surface area contributed by atoms with Crippen molar-refractivity contribution >= 4 is 0 Å². The molecule has 1 aliphatic rings. The van der Waals surface area contributed by atoms with Gasteiger partial charge >= 0.3 is 0 Å². The first kappa shape index (κ1) is 13.2. The van der Waals surface area contributed by atoms with Crippen LogP contribution < -0.4 is 4.74 Å². The Balaban J connectivity index is 1.57. The molecule has 0 radical (unpaired) electrons. The Morgan fingerprint density at radius 3 is 2.40 bits per heavy atom. The quantitative estimate of drug-likeness (QED) is 0.895.